The molecule has 0 saturated heterocycles. The molecular formula is C21H22FN3O. The van der Waals surface area contributed by atoms with Crippen LogP contribution in [-0.2, 0) is 0 Å². The van der Waals surface area contributed by atoms with Crippen molar-refractivity contribution < 1.29 is 9.18 Å². The van der Waals surface area contributed by atoms with Gasteiger partial charge in [-0.2, -0.15) is 0 Å². The van der Waals surface area contributed by atoms with E-state index < -0.39 is 0 Å². The predicted molar refractivity (Wildman–Crippen MR) is 99.8 cm³/mol. The molecule has 0 bridgehead atoms. The highest BCUT2D eigenvalue weighted by molar-refractivity contribution is 5.98. The first kappa shape index (κ1) is 18.0. The van der Waals surface area contributed by atoms with E-state index in [1.165, 1.54) is 12.1 Å². The first-order chi connectivity index (χ1) is 12.4. The third-order valence-electron chi connectivity index (χ3n) is 4.73. The quantitative estimate of drug-likeness (QED) is 0.582. The monoisotopic (exact) mass is 351 g/mol. The molecule has 3 aromatic rings. The van der Waals surface area contributed by atoms with Gasteiger partial charge in [-0.25, -0.2) is 4.39 Å². The van der Waals surface area contributed by atoms with Crippen LogP contribution < -0.4 is 0 Å². The van der Waals surface area contributed by atoms with Crippen LogP contribution in [0.4, 0.5) is 4.39 Å². The average Bonchev–Trinajstić information content (AvgIpc) is 3.16. The highest BCUT2D eigenvalue weighted by Gasteiger charge is 2.21. The van der Waals surface area contributed by atoms with E-state index in [0.29, 0.717) is 12.0 Å². The van der Waals surface area contributed by atoms with Crippen molar-refractivity contribution in [2.24, 2.45) is 5.41 Å². The Kier molecular flexibility index (Phi) is 4.98. The molecule has 0 N–H and O–H groups in total. The van der Waals surface area contributed by atoms with Crippen molar-refractivity contribution in [1.29, 1.82) is 0 Å². The molecule has 3 rings (SSSR count). The molecule has 5 heteroatoms. The van der Waals surface area contributed by atoms with E-state index in [-0.39, 0.29) is 17.0 Å². The second-order valence-corrected chi connectivity index (χ2v) is 7.26. The van der Waals surface area contributed by atoms with E-state index in [0.717, 1.165) is 23.2 Å². The number of ketones is 1. The molecular weight excluding hydrogens is 329 g/mol. The Morgan fingerprint density at radius 3 is 2.31 bits per heavy atom. The molecule has 0 saturated carbocycles. The molecule has 1 heterocycles. The second kappa shape index (κ2) is 7.20. The standard InChI is InChI=1S/C21H22FN3O/c1-4-21(2,3)12-20(26)17-9-16(15-5-7-18(22)8-6-15)10-19(11-17)25-13-23-24-14-25/h5-11,13-14H,4,12H2,1-3H3. The van der Waals surface area contributed by atoms with Gasteiger partial charge in [0.05, 0.1) is 0 Å². The van der Waals surface area contributed by atoms with Crippen LogP contribution in [0.2, 0.25) is 0 Å². The fraction of sp³-hybridized carbons (Fsp3) is 0.286. The Morgan fingerprint density at radius 1 is 1.04 bits per heavy atom. The van der Waals surface area contributed by atoms with Gasteiger partial charge < -0.3 is 0 Å². The van der Waals surface area contributed by atoms with Gasteiger partial charge in [-0.1, -0.05) is 39.3 Å². The molecule has 26 heavy (non-hydrogen) atoms. The molecule has 2 aromatic carbocycles. The van der Waals surface area contributed by atoms with Crippen LogP contribution in [0.25, 0.3) is 16.8 Å². The molecule has 134 valence electrons. The number of Topliss-reactive ketones (excluding diaryl/α,β-unsaturated/α-hetero) is 1. The van der Waals surface area contributed by atoms with Crippen LogP contribution in [0.3, 0.4) is 0 Å². The zero-order chi connectivity index (χ0) is 18.7. The lowest BCUT2D eigenvalue weighted by Crippen LogP contribution is -2.16. The van der Waals surface area contributed by atoms with Crippen molar-refractivity contribution in [2.45, 2.75) is 33.6 Å². The number of nitrogens with zero attached hydrogens (tertiary/aromatic N) is 3. The van der Waals surface area contributed by atoms with Gasteiger partial charge in [-0.15, -0.1) is 10.2 Å². The number of benzene rings is 2. The first-order valence-electron chi connectivity index (χ1n) is 8.67. The van der Waals surface area contributed by atoms with Crippen LogP contribution in [0.1, 0.15) is 44.0 Å². The number of carbonyl (C=O) groups excluding carboxylic acids is 1. The number of hydrogen-bond donors (Lipinski definition) is 0. The summed E-state index contributed by atoms with van der Waals surface area (Å²) in [5.41, 5.74) is 3.09. The average molecular weight is 351 g/mol. The third kappa shape index (κ3) is 4.04. The zero-order valence-corrected chi connectivity index (χ0v) is 15.2. The summed E-state index contributed by atoms with van der Waals surface area (Å²) in [7, 11) is 0. The highest BCUT2D eigenvalue weighted by atomic mass is 19.1. The summed E-state index contributed by atoms with van der Waals surface area (Å²) in [6.45, 7) is 6.27. The smallest absolute Gasteiger partial charge is 0.163 e. The molecule has 1 aromatic heterocycles. The summed E-state index contributed by atoms with van der Waals surface area (Å²) in [6.07, 6.45) is 4.58. The second-order valence-electron chi connectivity index (χ2n) is 7.26. The Hall–Kier alpha value is -2.82. The SMILES string of the molecule is CCC(C)(C)CC(=O)c1cc(-c2ccc(F)cc2)cc(-n2cnnc2)c1. The zero-order valence-electron chi connectivity index (χ0n) is 15.2. The van der Waals surface area contributed by atoms with Crippen molar-refractivity contribution >= 4 is 5.78 Å². The summed E-state index contributed by atoms with van der Waals surface area (Å²) in [4.78, 5) is 12.9. The van der Waals surface area contributed by atoms with Gasteiger partial charge >= 0.3 is 0 Å². The minimum atomic E-state index is -0.287. The van der Waals surface area contributed by atoms with Crippen molar-refractivity contribution in [3.63, 3.8) is 0 Å². The lowest BCUT2D eigenvalue weighted by atomic mass is 9.83. The number of rotatable bonds is 6. The number of hydrogen-bond acceptors (Lipinski definition) is 3. The van der Waals surface area contributed by atoms with Crippen molar-refractivity contribution in [2.75, 3.05) is 0 Å². The minimum absolute atomic E-state index is 0.0559. The fourth-order valence-corrected chi connectivity index (χ4v) is 2.73. The van der Waals surface area contributed by atoms with E-state index in [4.69, 9.17) is 0 Å². The summed E-state index contributed by atoms with van der Waals surface area (Å²) in [6, 6.07) is 11.9. The predicted octanol–water partition coefficient (Wildman–Crippen LogP) is 5.08. The van der Waals surface area contributed by atoms with E-state index in [1.807, 2.05) is 18.2 Å². The number of halogens is 1. The molecule has 4 nitrogen and oxygen atoms in total. The van der Waals surface area contributed by atoms with E-state index in [2.05, 4.69) is 31.0 Å². The van der Waals surface area contributed by atoms with Gasteiger partial charge in [0.25, 0.3) is 0 Å². The van der Waals surface area contributed by atoms with Crippen LogP contribution in [0, 0.1) is 11.2 Å². The van der Waals surface area contributed by atoms with E-state index in [1.54, 1.807) is 29.4 Å². The first-order valence-corrected chi connectivity index (χ1v) is 8.67. The van der Waals surface area contributed by atoms with Crippen molar-refractivity contribution in [3.05, 3.63) is 66.5 Å². The van der Waals surface area contributed by atoms with E-state index in [9.17, 15) is 9.18 Å². The van der Waals surface area contributed by atoms with Crippen LogP contribution >= 0.6 is 0 Å². The minimum Gasteiger partial charge on any atom is -0.294 e. The van der Waals surface area contributed by atoms with Gasteiger partial charge in [0, 0.05) is 17.7 Å². The Labute approximate surface area is 152 Å². The number of carbonyl (C=O) groups is 1. The van der Waals surface area contributed by atoms with Gasteiger partial charge in [0.2, 0.25) is 0 Å². The number of aromatic nitrogens is 3. The van der Waals surface area contributed by atoms with Crippen LogP contribution in [-0.4, -0.2) is 20.5 Å². The van der Waals surface area contributed by atoms with Gasteiger partial charge in [0.1, 0.15) is 18.5 Å². The summed E-state index contributed by atoms with van der Waals surface area (Å²) in [5.74, 6) is -0.195. The van der Waals surface area contributed by atoms with Gasteiger partial charge in [-0.3, -0.25) is 9.36 Å². The van der Waals surface area contributed by atoms with Crippen LogP contribution in [0.15, 0.2) is 55.1 Å². The van der Waals surface area contributed by atoms with Crippen molar-refractivity contribution in [3.8, 4) is 16.8 Å². The summed E-state index contributed by atoms with van der Waals surface area (Å²) in [5, 5.41) is 7.68. The topological polar surface area (TPSA) is 47.8 Å². The maximum atomic E-state index is 13.3. The Morgan fingerprint density at radius 2 is 1.69 bits per heavy atom. The molecule has 0 aliphatic carbocycles. The maximum absolute atomic E-state index is 13.3. The van der Waals surface area contributed by atoms with E-state index >= 15 is 0 Å². The maximum Gasteiger partial charge on any atom is 0.163 e. The van der Waals surface area contributed by atoms with Gasteiger partial charge in [-0.05, 0) is 46.9 Å². The lowest BCUT2D eigenvalue weighted by Gasteiger charge is -2.21. The molecule has 0 amide bonds. The summed E-state index contributed by atoms with van der Waals surface area (Å²) >= 11 is 0. The molecule has 0 aliphatic heterocycles. The third-order valence-corrected chi connectivity index (χ3v) is 4.73. The van der Waals surface area contributed by atoms with Gasteiger partial charge in [0.15, 0.2) is 5.78 Å². The van der Waals surface area contributed by atoms with Crippen molar-refractivity contribution in [1.82, 2.24) is 14.8 Å². The molecule has 0 unspecified atom stereocenters. The highest BCUT2D eigenvalue weighted by Crippen LogP contribution is 2.29. The molecule has 0 spiro atoms. The molecule has 0 radical (unpaired) electrons. The summed E-state index contributed by atoms with van der Waals surface area (Å²) < 4.78 is 15.0. The molecule has 0 aliphatic rings. The molecule has 0 atom stereocenters. The largest absolute Gasteiger partial charge is 0.294 e. The fourth-order valence-electron chi connectivity index (χ4n) is 2.73. The lowest BCUT2D eigenvalue weighted by molar-refractivity contribution is 0.0928. The normalized spacial score (nSPS) is 11.5. The Bertz CT molecular complexity index is 900. The Balaban J connectivity index is 2.06. The van der Waals surface area contributed by atoms with Crippen LogP contribution in [0.5, 0.6) is 0 Å². The molecule has 0 fully saturated rings.